The molecule has 1 aliphatic heterocycles. The number of hydrogen-bond acceptors (Lipinski definition) is 3. The van der Waals surface area contributed by atoms with Crippen molar-refractivity contribution in [3.63, 3.8) is 0 Å². The average molecular weight is 189 g/mol. The first-order valence-electron chi connectivity index (χ1n) is 4.85. The minimum absolute atomic E-state index is 0.902. The smallest absolute Gasteiger partial charge is 0.0943 e. The van der Waals surface area contributed by atoms with Gasteiger partial charge in [-0.3, -0.25) is 4.98 Å². The van der Waals surface area contributed by atoms with Gasteiger partial charge in [0, 0.05) is 31.5 Å². The third kappa shape index (κ3) is 1.87. The Labute approximate surface area is 84.5 Å². The highest BCUT2D eigenvalue weighted by atomic mass is 15.3. The Balaban J connectivity index is 2.03. The van der Waals surface area contributed by atoms with E-state index in [1.807, 2.05) is 19.2 Å². The fraction of sp³-hybridized carbons (Fsp3) is 0.364. The number of nitrogens with zero attached hydrogens (tertiary/aromatic N) is 2. The monoisotopic (exact) mass is 189 g/mol. The van der Waals surface area contributed by atoms with Crippen LogP contribution in [0, 0.1) is 6.92 Å². The summed E-state index contributed by atoms with van der Waals surface area (Å²) in [6.45, 7) is 8.88. The van der Waals surface area contributed by atoms with Gasteiger partial charge >= 0.3 is 0 Å². The molecule has 1 saturated heterocycles. The lowest BCUT2D eigenvalue weighted by molar-refractivity contribution is 0.389. The maximum Gasteiger partial charge on any atom is 0.0943 e. The van der Waals surface area contributed by atoms with Crippen LogP contribution in [0.4, 0.5) is 0 Å². The minimum atomic E-state index is 0.902. The maximum absolute atomic E-state index is 4.27. The van der Waals surface area contributed by atoms with E-state index in [0.29, 0.717) is 0 Å². The summed E-state index contributed by atoms with van der Waals surface area (Å²) in [6, 6.07) is 4.16. The summed E-state index contributed by atoms with van der Waals surface area (Å²) in [7, 11) is 0. The highest BCUT2D eigenvalue weighted by molar-refractivity contribution is 5.14. The summed E-state index contributed by atoms with van der Waals surface area (Å²) in [4.78, 5) is 6.50. The predicted molar refractivity (Wildman–Crippen MR) is 56.5 cm³/mol. The second-order valence-corrected chi connectivity index (χ2v) is 3.60. The molecule has 0 aromatic carbocycles. The second kappa shape index (κ2) is 3.70. The molecule has 0 atom stereocenters. The number of rotatable bonds is 2. The molecule has 1 aromatic heterocycles. The summed E-state index contributed by atoms with van der Waals surface area (Å²) in [5.74, 6) is 1.02. The van der Waals surface area contributed by atoms with Gasteiger partial charge in [0.05, 0.1) is 5.82 Å². The van der Waals surface area contributed by atoms with Gasteiger partial charge in [-0.2, -0.15) is 0 Å². The summed E-state index contributed by atoms with van der Waals surface area (Å²) in [5, 5.41) is 3.21. The third-order valence-corrected chi connectivity index (χ3v) is 2.44. The maximum atomic E-state index is 4.27. The third-order valence-electron chi connectivity index (χ3n) is 2.44. The molecule has 0 amide bonds. The lowest BCUT2D eigenvalue weighted by Crippen LogP contribution is -2.18. The molecule has 0 radical (unpaired) electrons. The standard InChI is InChI=1S/C11H15N3/c1-9-3-4-11(7-13-9)8-14-6-5-12-10(14)2/h3-4,7,12H,2,5-6,8H2,1H3. The van der Waals surface area contributed by atoms with Crippen molar-refractivity contribution in [3.05, 3.63) is 42.0 Å². The van der Waals surface area contributed by atoms with Crippen molar-refractivity contribution in [2.75, 3.05) is 13.1 Å². The molecule has 74 valence electrons. The van der Waals surface area contributed by atoms with E-state index in [9.17, 15) is 0 Å². The zero-order valence-corrected chi connectivity index (χ0v) is 8.45. The number of hydrogen-bond donors (Lipinski definition) is 1. The molecular formula is C11H15N3. The first kappa shape index (κ1) is 9.06. The van der Waals surface area contributed by atoms with Crippen LogP contribution in [0.2, 0.25) is 0 Å². The lowest BCUT2D eigenvalue weighted by Gasteiger charge is -2.17. The SMILES string of the molecule is C=C1NCCN1Cc1ccc(C)nc1. The highest BCUT2D eigenvalue weighted by Crippen LogP contribution is 2.10. The van der Waals surface area contributed by atoms with Gasteiger partial charge in [0.1, 0.15) is 0 Å². The molecule has 2 rings (SSSR count). The summed E-state index contributed by atoms with van der Waals surface area (Å²) >= 11 is 0. The van der Waals surface area contributed by atoms with Crippen molar-refractivity contribution in [3.8, 4) is 0 Å². The Morgan fingerprint density at radius 2 is 2.43 bits per heavy atom. The zero-order valence-electron chi connectivity index (χ0n) is 8.45. The Hall–Kier alpha value is -1.51. The lowest BCUT2D eigenvalue weighted by atomic mass is 10.2. The Morgan fingerprint density at radius 1 is 1.57 bits per heavy atom. The average Bonchev–Trinajstić information content (AvgIpc) is 2.56. The Morgan fingerprint density at radius 3 is 3.00 bits per heavy atom. The molecule has 0 spiro atoms. The van der Waals surface area contributed by atoms with Gasteiger partial charge in [-0.15, -0.1) is 0 Å². The molecule has 1 aliphatic rings. The van der Waals surface area contributed by atoms with Crippen LogP contribution < -0.4 is 5.32 Å². The number of pyridine rings is 1. The van der Waals surface area contributed by atoms with Crippen LogP contribution >= 0.6 is 0 Å². The van der Waals surface area contributed by atoms with Crippen molar-refractivity contribution in [2.45, 2.75) is 13.5 Å². The second-order valence-electron chi connectivity index (χ2n) is 3.60. The van der Waals surface area contributed by atoms with E-state index in [1.54, 1.807) is 0 Å². The largest absolute Gasteiger partial charge is 0.370 e. The highest BCUT2D eigenvalue weighted by Gasteiger charge is 2.13. The van der Waals surface area contributed by atoms with Gasteiger partial charge in [-0.05, 0) is 18.6 Å². The van der Waals surface area contributed by atoms with Gasteiger partial charge in [0.25, 0.3) is 0 Å². The van der Waals surface area contributed by atoms with Crippen LogP contribution in [0.25, 0.3) is 0 Å². The molecule has 3 heteroatoms. The van der Waals surface area contributed by atoms with Crippen molar-refractivity contribution >= 4 is 0 Å². The van der Waals surface area contributed by atoms with Crippen molar-refractivity contribution < 1.29 is 0 Å². The predicted octanol–water partition coefficient (Wildman–Crippen LogP) is 1.27. The zero-order chi connectivity index (χ0) is 9.97. The minimum Gasteiger partial charge on any atom is -0.370 e. The van der Waals surface area contributed by atoms with E-state index in [1.165, 1.54) is 5.56 Å². The number of aryl methyl sites for hydroxylation is 1. The molecule has 3 nitrogen and oxygen atoms in total. The molecule has 0 aliphatic carbocycles. The van der Waals surface area contributed by atoms with Crippen LogP contribution in [-0.4, -0.2) is 23.0 Å². The molecule has 0 bridgehead atoms. The van der Waals surface area contributed by atoms with Gasteiger partial charge in [-0.1, -0.05) is 12.6 Å². The fourth-order valence-electron chi connectivity index (χ4n) is 1.57. The topological polar surface area (TPSA) is 28.2 Å². The normalized spacial score (nSPS) is 15.8. The summed E-state index contributed by atoms with van der Waals surface area (Å²) < 4.78 is 0. The van der Waals surface area contributed by atoms with E-state index in [2.05, 4.69) is 27.8 Å². The van der Waals surface area contributed by atoms with Crippen LogP contribution in [0.5, 0.6) is 0 Å². The van der Waals surface area contributed by atoms with Gasteiger partial charge in [-0.25, -0.2) is 0 Å². The van der Waals surface area contributed by atoms with Crippen molar-refractivity contribution in [1.82, 2.24) is 15.2 Å². The summed E-state index contributed by atoms with van der Waals surface area (Å²) in [6.07, 6.45) is 1.93. The van der Waals surface area contributed by atoms with Crippen LogP contribution in [-0.2, 0) is 6.54 Å². The molecular weight excluding hydrogens is 174 g/mol. The van der Waals surface area contributed by atoms with E-state index < -0.39 is 0 Å². The molecule has 1 fully saturated rings. The van der Waals surface area contributed by atoms with Gasteiger partial charge < -0.3 is 10.2 Å². The molecule has 2 heterocycles. The first-order chi connectivity index (χ1) is 6.75. The molecule has 1 N–H and O–H groups in total. The quantitative estimate of drug-likeness (QED) is 0.759. The van der Waals surface area contributed by atoms with E-state index in [4.69, 9.17) is 0 Å². The molecule has 0 saturated carbocycles. The van der Waals surface area contributed by atoms with Crippen LogP contribution in [0.1, 0.15) is 11.3 Å². The fourth-order valence-corrected chi connectivity index (χ4v) is 1.57. The Bertz CT molecular complexity index is 329. The van der Waals surface area contributed by atoms with Gasteiger partial charge in [0.2, 0.25) is 0 Å². The van der Waals surface area contributed by atoms with Crippen molar-refractivity contribution in [2.24, 2.45) is 0 Å². The number of aromatic nitrogens is 1. The van der Waals surface area contributed by atoms with Crippen LogP contribution in [0.3, 0.4) is 0 Å². The van der Waals surface area contributed by atoms with Gasteiger partial charge in [0.15, 0.2) is 0 Å². The Kier molecular flexibility index (Phi) is 2.39. The van der Waals surface area contributed by atoms with E-state index in [-0.39, 0.29) is 0 Å². The molecule has 0 unspecified atom stereocenters. The molecule has 1 aromatic rings. The summed E-state index contributed by atoms with van der Waals surface area (Å²) in [5.41, 5.74) is 2.30. The van der Waals surface area contributed by atoms with E-state index in [0.717, 1.165) is 31.1 Å². The first-order valence-corrected chi connectivity index (χ1v) is 4.85. The number of nitrogens with one attached hydrogen (secondary N) is 1. The van der Waals surface area contributed by atoms with Crippen molar-refractivity contribution in [1.29, 1.82) is 0 Å². The molecule has 14 heavy (non-hydrogen) atoms. The van der Waals surface area contributed by atoms with Crippen LogP contribution in [0.15, 0.2) is 30.7 Å². The van der Waals surface area contributed by atoms with E-state index >= 15 is 0 Å².